The van der Waals surface area contributed by atoms with Crippen LogP contribution in [0.15, 0.2) is 91.0 Å². The molecule has 154 valence electrons. The lowest BCUT2D eigenvalue weighted by molar-refractivity contribution is -0.122. The quantitative estimate of drug-likeness (QED) is 0.422. The summed E-state index contributed by atoms with van der Waals surface area (Å²) in [6.45, 7) is 3.99. The number of benzene rings is 3. The van der Waals surface area contributed by atoms with Crippen LogP contribution >= 0.6 is 0 Å². The summed E-state index contributed by atoms with van der Waals surface area (Å²) in [4.78, 5) is 29.0. The molecule has 2 aliphatic rings. The number of allylic oxidation sites excluding steroid dienone is 2. The van der Waals surface area contributed by atoms with Crippen LogP contribution in [-0.4, -0.2) is 11.8 Å². The summed E-state index contributed by atoms with van der Waals surface area (Å²) < 4.78 is 0. The van der Waals surface area contributed by atoms with Gasteiger partial charge in [-0.2, -0.15) is 0 Å². The highest BCUT2D eigenvalue weighted by molar-refractivity contribution is 6.23. The van der Waals surface area contributed by atoms with Gasteiger partial charge in [0.1, 0.15) is 0 Å². The van der Waals surface area contributed by atoms with Gasteiger partial charge in [0.2, 0.25) is 11.8 Å². The summed E-state index contributed by atoms with van der Waals surface area (Å²) in [5.41, 5.74) is 4.92. The van der Waals surface area contributed by atoms with Crippen LogP contribution in [0.4, 0.5) is 5.69 Å². The summed E-state index contributed by atoms with van der Waals surface area (Å²) in [7, 11) is 0. The minimum absolute atomic E-state index is 0.0980. The first-order valence-corrected chi connectivity index (χ1v) is 10.8. The molecule has 1 aliphatic heterocycles. The van der Waals surface area contributed by atoms with E-state index < -0.39 is 11.8 Å². The molecule has 2 amide bonds. The molecule has 1 heterocycles. The Bertz CT molecular complexity index is 1080. The van der Waals surface area contributed by atoms with Crippen LogP contribution in [0.3, 0.4) is 0 Å². The van der Waals surface area contributed by atoms with Crippen LogP contribution < -0.4 is 4.90 Å². The van der Waals surface area contributed by atoms with Crippen LogP contribution in [0.1, 0.15) is 34.1 Å². The third kappa shape index (κ3) is 3.31. The third-order valence-electron chi connectivity index (χ3n) is 6.53. The predicted octanol–water partition coefficient (Wildman–Crippen LogP) is 5.55. The van der Waals surface area contributed by atoms with Gasteiger partial charge < -0.3 is 0 Å². The number of hydrogen-bond acceptors (Lipinski definition) is 2. The molecule has 0 spiro atoms. The molecule has 0 unspecified atom stereocenters. The summed E-state index contributed by atoms with van der Waals surface area (Å²) in [5, 5.41) is 0. The number of carbonyl (C=O) groups excluding carboxylic acids is 2. The highest BCUT2D eigenvalue weighted by Gasteiger charge is 2.55. The van der Waals surface area contributed by atoms with Gasteiger partial charge in [0, 0.05) is 11.8 Å². The van der Waals surface area contributed by atoms with Gasteiger partial charge in [0.25, 0.3) is 0 Å². The van der Waals surface area contributed by atoms with Gasteiger partial charge in [-0.1, -0.05) is 78.9 Å². The topological polar surface area (TPSA) is 37.4 Å². The van der Waals surface area contributed by atoms with Crippen molar-refractivity contribution in [2.75, 3.05) is 4.90 Å². The maximum absolute atomic E-state index is 13.8. The maximum Gasteiger partial charge on any atom is 0.238 e. The van der Waals surface area contributed by atoms with Gasteiger partial charge >= 0.3 is 0 Å². The highest BCUT2D eigenvalue weighted by Crippen LogP contribution is 2.50. The van der Waals surface area contributed by atoms with E-state index in [1.54, 1.807) is 0 Å². The molecule has 1 aliphatic carbocycles. The summed E-state index contributed by atoms with van der Waals surface area (Å²) in [6.07, 6.45) is 4.26. The first-order valence-electron chi connectivity index (χ1n) is 10.8. The van der Waals surface area contributed by atoms with E-state index in [9.17, 15) is 9.59 Å². The first kappa shape index (κ1) is 19.5. The van der Waals surface area contributed by atoms with Gasteiger partial charge in [0.15, 0.2) is 0 Å². The zero-order chi connectivity index (χ0) is 21.5. The average Bonchev–Trinajstić information content (AvgIpc) is 3.04. The van der Waals surface area contributed by atoms with Crippen molar-refractivity contribution in [2.45, 2.75) is 25.7 Å². The molecule has 3 aromatic carbocycles. The van der Waals surface area contributed by atoms with E-state index in [1.165, 1.54) is 4.90 Å². The number of carbonyl (C=O) groups is 2. The molecule has 1 saturated heterocycles. The van der Waals surface area contributed by atoms with Crippen molar-refractivity contribution in [3.8, 4) is 0 Å². The summed E-state index contributed by atoms with van der Waals surface area (Å²) >= 11 is 0. The molecule has 1 fully saturated rings. The SMILES string of the molecule is Cc1cc(C)cc(N2C(=O)[C@@H]3[C@H](C2=O)[C@@H](c2ccccc2)C=C[C@@H]3c2ccccc2)c1. The van der Waals surface area contributed by atoms with E-state index >= 15 is 0 Å². The van der Waals surface area contributed by atoms with Crippen LogP contribution in [0.25, 0.3) is 0 Å². The second kappa shape index (κ2) is 7.66. The summed E-state index contributed by atoms with van der Waals surface area (Å²) in [5.74, 6) is -1.24. The lowest BCUT2D eigenvalue weighted by atomic mass is 9.68. The summed E-state index contributed by atoms with van der Waals surface area (Å²) in [6, 6.07) is 26.0. The van der Waals surface area contributed by atoms with Gasteiger partial charge in [-0.15, -0.1) is 0 Å². The fourth-order valence-electron chi connectivity index (χ4n) is 5.27. The third-order valence-corrected chi connectivity index (χ3v) is 6.53. The average molecular weight is 408 g/mol. The van der Waals surface area contributed by atoms with Crippen LogP contribution in [0, 0.1) is 25.7 Å². The van der Waals surface area contributed by atoms with Crippen molar-refractivity contribution in [1.82, 2.24) is 0 Å². The molecule has 0 bridgehead atoms. The first-order chi connectivity index (χ1) is 15.0. The lowest BCUT2D eigenvalue weighted by Crippen LogP contribution is -2.31. The monoisotopic (exact) mass is 407 g/mol. The number of rotatable bonds is 3. The van der Waals surface area contributed by atoms with E-state index in [0.29, 0.717) is 5.69 Å². The molecular formula is C28H25NO2. The number of amides is 2. The highest BCUT2D eigenvalue weighted by atomic mass is 16.2. The lowest BCUT2D eigenvalue weighted by Gasteiger charge is -2.32. The number of hydrogen-bond donors (Lipinski definition) is 0. The molecule has 0 saturated carbocycles. The number of aryl methyl sites for hydroxylation is 2. The van der Waals surface area contributed by atoms with E-state index in [4.69, 9.17) is 0 Å². The standard InChI is InChI=1S/C28H25NO2/c1-18-15-19(2)17-22(16-18)29-27(30)25-23(20-9-5-3-6-10-20)13-14-24(26(25)28(29)31)21-11-7-4-8-12-21/h3-17,23-26H,1-2H3/t23-,24-,25-,26+/m1/s1. The van der Waals surface area contributed by atoms with E-state index in [0.717, 1.165) is 22.3 Å². The Morgan fingerprint density at radius 1 is 0.613 bits per heavy atom. The Morgan fingerprint density at radius 3 is 1.45 bits per heavy atom. The van der Waals surface area contributed by atoms with Crippen molar-refractivity contribution < 1.29 is 9.59 Å². The molecular weight excluding hydrogens is 382 g/mol. The normalized spacial score (nSPS) is 25.0. The second-order valence-electron chi connectivity index (χ2n) is 8.67. The zero-order valence-corrected chi connectivity index (χ0v) is 17.7. The van der Waals surface area contributed by atoms with Crippen LogP contribution in [0.2, 0.25) is 0 Å². The van der Waals surface area contributed by atoms with Gasteiger partial charge in [-0.25, -0.2) is 4.90 Å². The fourth-order valence-corrected chi connectivity index (χ4v) is 5.27. The van der Waals surface area contributed by atoms with Crippen molar-refractivity contribution >= 4 is 17.5 Å². The number of imide groups is 1. The van der Waals surface area contributed by atoms with Crippen molar-refractivity contribution in [3.05, 3.63) is 113 Å². The smallest absolute Gasteiger partial charge is 0.238 e. The Hall–Kier alpha value is -3.46. The van der Waals surface area contributed by atoms with E-state index in [2.05, 4.69) is 18.2 Å². The molecule has 4 atom stereocenters. The van der Waals surface area contributed by atoms with Crippen molar-refractivity contribution in [2.24, 2.45) is 11.8 Å². The van der Waals surface area contributed by atoms with Gasteiger partial charge in [-0.05, 0) is 48.2 Å². The minimum atomic E-state index is -0.411. The van der Waals surface area contributed by atoms with Crippen molar-refractivity contribution in [1.29, 1.82) is 0 Å². The van der Waals surface area contributed by atoms with E-state index in [1.807, 2.05) is 86.6 Å². The molecule has 3 nitrogen and oxygen atoms in total. The molecule has 0 radical (unpaired) electrons. The molecule has 0 N–H and O–H groups in total. The fraction of sp³-hybridized carbons (Fsp3) is 0.214. The Kier molecular flexibility index (Phi) is 4.82. The number of nitrogens with zero attached hydrogens (tertiary/aromatic N) is 1. The van der Waals surface area contributed by atoms with Crippen molar-refractivity contribution in [3.63, 3.8) is 0 Å². The Balaban J connectivity index is 1.64. The number of fused-ring (bicyclic) bond motifs is 1. The largest absolute Gasteiger partial charge is 0.274 e. The van der Waals surface area contributed by atoms with Crippen LogP contribution in [-0.2, 0) is 9.59 Å². The Labute approximate surface area is 183 Å². The molecule has 31 heavy (non-hydrogen) atoms. The number of anilines is 1. The maximum atomic E-state index is 13.8. The van der Waals surface area contributed by atoms with Crippen LogP contribution in [0.5, 0.6) is 0 Å². The Morgan fingerprint density at radius 2 is 1.03 bits per heavy atom. The van der Waals surface area contributed by atoms with Gasteiger partial charge in [0.05, 0.1) is 17.5 Å². The molecule has 0 aromatic heterocycles. The molecule has 5 rings (SSSR count). The van der Waals surface area contributed by atoms with Gasteiger partial charge in [-0.3, -0.25) is 9.59 Å². The zero-order valence-electron chi connectivity index (χ0n) is 17.7. The predicted molar refractivity (Wildman–Crippen MR) is 123 cm³/mol. The molecule has 3 heteroatoms. The second-order valence-corrected chi connectivity index (χ2v) is 8.67. The van der Waals surface area contributed by atoms with E-state index in [-0.39, 0.29) is 23.7 Å². The molecule has 3 aromatic rings. The minimum Gasteiger partial charge on any atom is -0.274 e.